The molecule has 1 saturated heterocycles. The number of nitrogens with zero attached hydrogens (tertiary/aromatic N) is 2. The van der Waals surface area contributed by atoms with Crippen molar-refractivity contribution in [1.82, 2.24) is 9.80 Å². The Morgan fingerprint density at radius 1 is 1.30 bits per heavy atom. The highest BCUT2D eigenvalue weighted by molar-refractivity contribution is 7.80. The number of hydrogen-bond donors (Lipinski definition) is 2. The van der Waals surface area contributed by atoms with E-state index >= 15 is 0 Å². The fraction of sp³-hybridized carbons (Fsp3) is 0.500. The van der Waals surface area contributed by atoms with Gasteiger partial charge in [0.1, 0.15) is 5.75 Å². The van der Waals surface area contributed by atoms with Crippen molar-refractivity contribution in [1.29, 1.82) is 0 Å². The lowest BCUT2D eigenvalue weighted by atomic mass is 10.3. The number of nitrogens with one attached hydrogen (secondary N) is 2. The summed E-state index contributed by atoms with van der Waals surface area (Å²) in [6, 6.07) is 7.70. The Morgan fingerprint density at radius 2 is 1.91 bits per heavy atom. The van der Waals surface area contributed by atoms with Gasteiger partial charge in [-0.05, 0) is 36.5 Å². The van der Waals surface area contributed by atoms with E-state index in [1.54, 1.807) is 26.1 Å². The monoisotopic (exact) mass is 337 g/mol. The molecular formula is C16H25N4O2S+. The smallest absolute Gasteiger partial charge is 0.277 e. The molecule has 1 amide bonds. The number of quaternary nitrogens is 1. The Hall–Kier alpha value is -1.86. The molecule has 1 aromatic carbocycles. The first-order chi connectivity index (χ1) is 11.0. The third-order valence-electron chi connectivity index (χ3n) is 4.00. The highest BCUT2D eigenvalue weighted by Gasteiger charge is 2.24. The predicted octanol–water partition coefficient (Wildman–Crippen LogP) is -0.319. The fourth-order valence-electron chi connectivity index (χ4n) is 2.45. The van der Waals surface area contributed by atoms with Crippen molar-refractivity contribution in [2.45, 2.75) is 0 Å². The van der Waals surface area contributed by atoms with E-state index < -0.39 is 0 Å². The number of carbonyl (C=O) groups excluding carboxylic acids is 1. The highest BCUT2D eigenvalue weighted by atomic mass is 32.1. The zero-order valence-corrected chi connectivity index (χ0v) is 14.8. The van der Waals surface area contributed by atoms with Crippen molar-refractivity contribution < 1.29 is 14.4 Å². The topological polar surface area (TPSA) is 49.3 Å². The Labute approximate surface area is 143 Å². The third-order valence-corrected chi connectivity index (χ3v) is 4.36. The first kappa shape index (κ1) is 17.5. The van der Waals surface area contributed by atoms with Gasteiger partial charge in [0.05, 0.1) is 33.3 Å². The minimum Gasteiger partial charge on any atom is -0.497 e. The summed E-state index contributed by atoms with van der Waals surface area (Å²) in [6.07, 6.45) is 0. The lowest BCUT2D eigenvalue weighted by Crippen LogP contribution is -3.15. The van der Waals surface area contributed by atoms with Gasteiger partial charge in [-0.2, -0.15) is 0 Å². The van der Waals surface area contributed by atoms with Crippen molar-refractivity contribution in [2.24, 2.45) is 0 Å². The first-order valence-corrected chi connectivity index (χ1v) is 8.14. The number of piperazine rings is 1. The zero-order valence-electron chi connectivity index (χ0n) is 14.0. The lowest BCUT2D eigenvalue weighted by molar-refractivity contribution is -0.896. The minimum atomic E-state index is 0.174. The summed E-state index contributed by atoms with van der Waals surface area (Å²) < 4.78 is 5.15. The van der Waals surface area contributed by atoms with Gasteiger partial charge >= 0.3 is 0 Å². The normalized spacial score (nSPS) is 15.2. The van der Waals surface area contributed by atoms with Crippen LogP contribution >= 0.6 is 12.2 Å². The van der Waals surface area contributed by atoms with Crippen LogP contribution < -0.4 is 15.0 Å². The number of benzene rings is 1. The number of likely N-dealkylation sites (N-methyl/N-ethyl adjacent to an activating group) is 1. The molecule has 6 nitrogen and oxygen atoms in total. The molecule has 7 heteroatoms. The van der Waals surface area contributed by atoms with Crippen LogP contribution in [0.4, 0.5) is 5.69 Å². The van der Waals surface area contributed by atoms with Gasteiger partial charge < -0.3 is 24.8 Å². The van der Waals surface area contributed by atoms with E-state index in [-0.39, 0.29) is 5.91 Å². The molecule has 126 valence electrons. The number of rotatable bonds is 4. The number of hydrogen-bond acceptors (Lipinski definition) is 3. The molecule has 23 heavy (non-hydrogen) atoms. The molecule has 0 atom stereocenters. The standard InChI is InChI=1S/C16H24N4O2S/c1-18(2)15(21)12-19-8-10-20(11-9-19)16(23)17-13-4-6-14(22-3)7-5-13/h4-7H,8-12H2,1-3H3,(H,17,23)/p+1. The average Bonchev–Trinajstić information content (AvgIpc) is 2.56. The number of methoxy groups -OCH3 is 1. The molecule has 1 aliphatic heterocycles. The van der Waals surface area contributed by atoms with E-state index in [1.165, 1.54) is 4.90 Å². The van der Waals surface area contributed by atoms with E-state index in [2.05, 4.69) is 10.2 Å². The van der Waals surface area contributed by atoms with Gasteiger partial charge in [-0.3, -0.25) is 4.79 Å². The Kier molecular flexibility index (Phi) is 6.18. The van der Waals surface area contributed by atoms with E-state index in [1.807, 2.05) is 24.3 Å². The quantitative estimate of drug-likeness (QED) is 0.738. The maximum absolute atomic E-state index is 11.8. The summed E-state index contributed by atoms with van der Waals surface area (Å²) in [5.74, 6) is 0.997. The van der Waals surface area contributed by atoms with Gasteiger partial charge in [0.25, 0.3) is 5.91 Å². The Bertz CT molecular complexity index is 540. The van der Waals surface area contributed by atoms with E-state index in [0.717, 1.165) is 42.7 Å². The largest absolute Gasteiger partial charge is 0.497 e. The summed E-state index contributed by atoms with van der Waals surface area (Å²) >= 11 is 5.48. The van der Waals surface area contributed by atoms with Crippen LogP contribution in [0.1, 0.15) is 0 Å². The summed E-state index contributed by atoms with van der Waals surface area (Å²) in [4.78, 5) is 16.9. The second-order valence-corrected chi connectivity index (χ2v) is 6.25. The summed E-state index contributed by atoms with van der Waals surface area (Å²) in [6.45, 7) is 4.11. The van der Waals surface area contributed by atoms with Crippen LogP contribution in [-0.2, 0) is 4.79 Å². The molecule has 1 aromatic rings. The fourth-order valence-corrected chi connectivity index (χ4v) is 2.75. The molecule has 0 aromatic heterocycles. The summed E-state index contributed by atoms with van der Waals surface area (Å²) in [7, 11) is 5.24. The maximum Gasteiger partial charge on any atom is 0.277 e. The van der Waals surface area contributed by atoms with Crippen molar-refractivity contribution in [3.05, 3.63) is 24.3 Å². The van der Waals surface area contributed by atoms with Crippen LogP contribution in [-0.4, -0.2) is 74.7 Å². The summed E-state index contributed by atoms with van der Waals surface area (Å²) in [5, 5.41) is 3.98. The molecule has 1 fully saturated rings. The molecule has 0 unspecified atom stereocenters. The van der Waals surface area contributed by atoms with E-state index in [0.29, 0.717) is 6.54 Å². The molecule has 0 spiro atoms. The average molecular weight is 337 g/mol. The molecule has 0 aliphatic carbocycles. The van der Waals surface area contributed by atoms with Crippen molar-refractivity contribution in [3.63, 3.8) is 0 Å². The Morgan fingerprint density at radius 3 is 2.43 bits per heavy atom. The molecule has 2 rings (SSSR count). The molecule has 0 radical (unpaired) electrons. The maximum atomic E-state index is 11.8. The minimum absolute atomic E-state index is 0.174. The van der Waals surface area contributed by atoms with Crippen molar-refractivity contribution >= 4 is 28.9 Å². The van der Waals surface area contributed by atoms with E-state index in [9.17, 15) is 4.79 Å². The number of anilines is 1. The number of carbonyl (C=O) groups is 1. The van der Waals surface area contributed by atoms with E-state index in [4.69, 9.17) is 17.0 Å². The SMILES string of the molecule is COc1ccc(NC(=S)N2CC[NH+](CC(=O)N(C)C)CC2)cc1. The molecule has 2 N–H and O–H groups in total. The zero-order chi connectivity index (χ0) is 16.8. The number of amides is 1. The third kappa shape index (κ3) is 5.07. The molecule has 1 aliphatic rings. The second kappa shape index (κ2) is 8.12. The van der Waals surface area contributed by atoms with Gasteiger partial charge in [0.2, 0.25) is 0 Å². The molecule has 0 saturated carbocycles. The molecular weight excluding hydrogens is 312 g/mol. The van der Waals surface area contributed by atoms with Gasteiger partial charge in [0.15, 0.2) is 11.7 Å². The van der Waals surface area contributed by atoms with Crippen LogP contribution in [0.25, 0.3) is 0 Å². The first-order valence-electron chi connectivity index (χ1n) is 7.73. The van der Waals surface area contributed by atoms with Crippen molar-refractivity contribution in [3.8, 4) is 5.75 Å². The van der Waals surface area contributed by atoms with Crippen LogP contribution in [0.15, 0.2) is 24.3 Å². The second-order valence-electron chi connectivity index (χ2n) is 5.86. The number of thiocarbonyl (C=S) groups is 1. The van der Waals surface area contributed by atoms with Crippen LogP contribution in [0, 0.1) is 0 Å². The van der Waals surface area contributed by atoms with Crippen LogP contribution in [0.5, 0.6) is 5.75 Å². The molecule has 0 bridgehead atoms. The van der Waals surface area contributed by atoms with Gasteiger partial charge in [-0.15, -0.1) is 0 Å². The summed E-state index contributed by atoms with van der Waals surface area (Å²) in [5.41, 5.74) is 0.952. The highest BCUT2D eigenvalue weighted by Crippen LogP contribution is 2.15. The van der Waals surface area contributed by atoms with Gasteiger partial charge in [-0.25, -0.2) is 0 Å². The Balaban J connectivity index is 1.80. The lowest BCUT2D eigenvalue weighted by Gasteiger charge is -2.33. The van der Waals surface area contributed by atoms with Crippen molar-refractivity contribution in [2.75, 3.05) is 59.2 Å². The van der Waals surface area contributed by atoms with Gasteiger partial charge in [-0.1, -0.05) is 0 Å². The van der Waals surface area contributed by atoms with Crippen LogP contribution in [0.3, 0.4) is 0 Å². The predicted molar refractivity (Wildman–Crippen MR) is 95.0 cm³/mol. The van der Waals surface area contributed by atoms with Gasteiger partial charge in [0, 0.05) is 19.8 Å². The molecule has 1 heterocycles. The number of ether oxygens (including phenoxy) is 1. The van der Waals surface area contributed by atoms with Crippen LogP contribution in [0.2, 0.25) is 0 Å².